The number of nitrogens with two attached hydrogens (primary N) is 1. The minimum Gasteiger partial charge on any atom is -0.380 e. The predicted octanol–water partition coefficient (Wildman–Crippen LogP) is -0.486. The van der Waals surface area contributed by atoms with Crippen LogP contribution >= 0.6 is 0 Å². The summed E-state index contributed by atoms with van der Waals surface area (Å²) in [6.07, 6.45) is 0.260. The Morgan fingerprint density at radius 3 is 2.44 bits per heavy atom. The van der Waals surface area contributed by atoms with Gasteiger partial charge in [0, 0.05) is 39.8 Å². The zero-order chi connectivity index (χ0) is 12.0. The SMILES string of the molecule is CCN1CCN(C(=O)CC(CN)OC)CC1. The molecule has 1 saturated heterocycles. The van der Waals surface area contributed by atoms with Gasteiger partial charge in [0.25, 0.3) is 0 Å². The van der Waals surface area contributed by atoms with Crippen molar-refractivity contribution in [2.45, 2.75) is 19.4 Å². The van der Waals surface area contributed by atoms with Crippen molar-refractivity contribution < 1.29 is 9.53 Å². The van der Waals surface area contributed by atoms with Crippen LogP contribution < -0.4 is 5.73 Å². The molecule has 0 saturated carbocycles. The maximum Gasteiger partial charge on any atom is 0.225 e. The van der Waals surface area contributed by atoms with Crippen molar-refractivity contribution in [1.82, 2.24) is 9.80 Å². The molecule has 16 heavy (non-hydrogen) atoms. The number of carbonyl (C=O) groups is 1. The lowest BCUT2D eigenvalue weighted by atomic mass is 10.2. The number of hydrogen-bond acceptors (Lipinski definition) is 4. The van der Waals surface area contributed by atoms with Crippen LogP contribution in [-0.4, -0.2) is 68.2 Å². The number of hydrogen-bond donors (Lipinski definition) is 1. The van der Waals surface area contributed by atoms with Crippen LogP contribution in [0.25, 0.3) is 0 Å². The minimum atomic E-state index is -0.142. The summed E-state index contributed by atoms with van der Waals surface area (Å²) in [4.78, 5) is 16.2. The summed E-state index contributed by atoms with van der Waals surface area (Å²) in [5.41, 5.74) is 5.50. The van der Waals surface area contributed by atoms with E-state index in [1.54, 1.807) is 7.11 Å². The number of carbonyl (C=O) groups excluding carboxylic acids is 1. The standard InChI is InChI=1S/C11H23N3O2/c1-3-13-4-6-14(7-5-13)11(15)8-10(9-12)16-2/h10H,3-9,12H2,1-2H3. The van der Waals surface area contributed by atoms with Gasteiger partial charge in [-0.05, 0) is 6.54 Å². The Morgan fingerprint density at radius 2 is 2.00 bits per heavy atom. The lowest BCUT2D eigenvalue weighted by Crippen LogP contribution is -2.49. The second-order valence-corrected chi connectivity index (χ2v) is 4.11. The molecule has 2 N–H and O–H groups in total. The first-order chi connectivity index (χ1) is 7.71. The van der Waals surface area contributed by atoms with Gasteiger partial charge in [-0.3, -0.25) is 4.79 Å². The Kier molecular flexibility index (Phi) is 5.73. The van der Waals surface area contributed by atoms with Gasteiger partial charge in [0.2, 0.25) is 5.91 Å². The van der Waals surface area contributed by atoms with Crippen molar-refractivity contribution in [2.75, 3.05) is 46.4 Å². The Hall–Kier alpha value is -0.650. The van der Waals surface area contributed by atoms with E-state index >= 15 is 0 Å². The van der Waals surface area contributed by atoms with Crippen molar-refractivity contribution in [1.29, 1.82) is 0 Å². The van der Waals surface area contributed by atoms with Gasteiger partial charge < -0.3 is 20.3 Å². The van der Waals surface area contributed by atoms with Crippen molar-refractivity contribution >= 4 is 5.91 Å². The minimum absolute atomic E-state index is 0.142. The topological polar surface area (TPSA) is 58.8 Å². The third-order valence-electron chi connectivity index (χ3n) is 3.17. The molecule has 5 nitrogen and oxygen atoms in total. The molecule has 5 heteroatoms. The molecule has 1 amide bonds. The number of likely N-dealkylation sites (N-methyl/N-ethyl adjacent to an activating group) is 1. The van der Waals surface area contributed by atoms with Gasteiger partial charge >= 0.3 is 0 Å². The maximum absolute atomic E-state index is 11.9. The van der Waals surface area contributed by atoms with E-state index in [-0.39, 0.29) is 12.0 Å². The monoisotopic (exact) mass is 229 g/mol. The summed E-state index contributed by atoms with van der Waals surface area (Å²) in [7, 11) is 1.60. The Balaban J connectivity index is 2.32. The molecular weight excluding hydrogens is 206 g/mol. The molecule has 94 valence electrons. The fraction of sp³-hybridized carbons (Fsp3) is 0.909. The molecule has 1 fully saturated rings. The van der Waals surface area contributed by atoms with Gasteiger partial charge in [0.15, 0.2) is 0 Å². The average Bonchev–Trinajstić information content (AvgIpc) is 2.35. The highest BCUT2D eigenvalue weighted by atomic mass is 16.5. The molecule has 0 bridgehead atoms. The van der Waals surface area contributed by atoms with Gasteiger partial charge in [-0.25, -0.2) is 0 Å². The van der Waals surface area contributed by atoms with E-state index in [4.69, 9.17) is 10.5 Å². The molecule has 0 aromatic rings. The molecule has 1 atom stereocenters. The number of methoxy groups -OCH3 is 1. The van der Waals surface area contributed by atoms with Crippen molar-refractivity contribution in [3.63, 3.8) is 0 Å². The van der Waals surface area contributed by atoms with E-state index in [0.717, 1.165) is 32.7 Å². The largest absolute Gasteiger partial charge is 0.380 e. The highest BCUT2D eigenvalue weighted by Gasteiger charge is 2.22. The first-order valence-corrected chi connectivity index (χ1v) is 5.94. The average molecular weight is 229 g/mol. The lowest BCUT2D eigenvalue weighted by Gasteiger charge is -2.34. The zero-order valence-corrected chi connectivity index (χ0v) is 10.3. The molecule has 0 aromatic heterocycles. The lowest BCUT2D eigenvalue weighted by molar-refractivity contribution is -0.135. The number of amides is 1. The summed E-state index contributed by atoms with van der Waals surface area (Å²) < 4.78 is 5.12. The van der Waals surface area contributed by atoms with Crippen LogP contribution in [0.15, 0.2) is 0 Å². The van der Waals surface area contributed by atoms with Gasteiger partial charge in [-0.15, -0.1) is 0 Å². The smallest absolute Gasteiger partial charge is 0.225 e. The molecule has 0 aliphatic carbocycles. The van der Waals surface area contributed by atoms with Crippen LogP contribution in [0.5, 0.6) is 0 Å². The van der Waals surface area contributed by atoms with E-state index in [9.17, 15) is 4.79 Å². The van der Waals surface area contributed by atoms with Crippen LogP contribution in [0.1, 0.15) is 13.3 Å². The summed E-state index contributed by atoms with van der Waals surface area (Å²) in [5.74, 6) is 0.160. The maximum atomic E-state index is 11.9. The molecule has 0 spiro atoms. The summed E-state index contributed by atoms with van der Waals surface area (Å²) >= 11 is 0. The molecule has 1 rings (SSSR count). The highest BCUT2D eigenvalue weighted by Crippen LogP contribution is 2.06. The third kappa shape index (κ3) is 3.73. The van der Waals surface area contributed by atoms with E-state index in [2.05, 4.69) is 11.8 Å². The van der Waals surface area contributed by atoms with E-state index in [1.807, 2.05) is 4.90 Å². The number of rotatable bonds is 5. The highest BCUT2D eigenvalue weighted by molar-refractivity contribution is 5.76. The molecule has 0 radical (unpaired) electrons. The fourth-order valence-electron chi connectivity index (χ4n) is 1.90. The molecule has 1 unspecified atom stereocenters. The first-order valence-electron chi connectivity index (χ1n) is 5.94. The molecular formula is C11H23N3O2. The van der Waals surface area contributed by atoms with E-state index in [1.165, 1.54) is 0 Å². The second kappa shape index (κ2) is 6.83. The van der Waals surface area contributed by atoms with Gasteiger partial charge in [-0.1, -0.05) is 6.92 Å². The Morgan fingerprint density at radius 1 is 1.38 bits per heavy atom. The normalized spacial score (nSPS) is 19.8. The number of nitrogens with zero attached hydrogens (tertiary/aromatic N) is 2. The predicted molar refractivity (Wildman–Crippen MR) is 63.2 cm³/mol. The second-order valence-electron chi connectivity index (χ2n) is 4.11. The Bertz CT molecular complexity index is 211. The molecule has 1 heterocycles. The number of ether oxygens (including phenoxy) is 1. The van der Waals surface area contributed by atoms with Crippen LogP contribution in [-0.2, 0) is 9.53 Å². The number of piperazine rings is 1. The van der Waals surface area contributed by atoms with Crippen molar-refractivity contribution in [3.05, 3.63) is 0 Å². The van der Waals surface area contributed by atoms with Crippen LogP contribution in [0, 0.1) is 0 Å². The van der Waals surface area contributed by atoms with Crippen LogP contribution in [0.2, 0.25) is 0 Å². The summed E-state index contributed by atoms with van der Waals surface area (Å²) in [6, 6.07) is 0. The summed E-state index contributed by atoms with van der Waals surface area (Å²) in [6.45, 7) is 7.21. The fourth-order valence-corrected chi connectivity index (χ4v) is 1.90. The van der Waals surface area contributed by atoms with Gasteiger partial charge in [0.1, 0.15) is 0 Å². The molecule has 0 aromatic carbocycles. The van der Waals surface area contributed by atoms with Gasteiger partial charge in [-0.2, -0.15) is 0 Å². The van der Waals surface area contributed by atoms with E-state index < -0.39 is 0 Å². The van der Waals surface area contributed by atoms with Gasteiger partial charge in [0.05, 0.1) is 12.5 Å². The third-order valence-corrected chi connectivity index (χ3v) is 3.17. The van der Waals surface area contributed by atoms with E-state index in [0.29, 0.717) is 13.0 Å². The molecule has 1 aliphatic rings. The summed E-state index contributed by atoms with van der Waals surface area (Å²) in [5, 5.41) is 0. The van der Waals surface area contributed by atoms with Crippen LogP contribution in [0.3, 0.4) is 0 Å². The van der Waals surface area contributed by atoms with Crippen LogP contribution in [0.4, 0.5) is 0 Å². The molecule has 1 aliphatic heterocycles. The first kappa shape index (κ1) is 13.4. The Labute approximate surface area is 97.5 Å². The quantitative estimate of drug-likeness (QED) is 0.691. The van der Waals surface area contributed by atoms with Crippen molar-refractivity contribution in [2.24, 2.45) is 5.73 Å². The van der Waals surface area contributed by atoms with Crippen molar-refractivity contribution in [3.8, 4) is 0 Å². The zero-order valence-electron chi connectivity index (χ0n) is 10.3.